The fourth-order valence-corrected chi connectivity index (χ4v) is 6.53. The van der Waals surface area contributed by atoms with Crippen molar-refractivity contribution in [2.24, 2.45) is 0 Å². The molecule has 0 aliphatic heterocycles. The van der Waals surface area contributed by atoms with E-state index in [2.05, 4.69) is 170 Å². The van der Waals surface area contributed by atoms with E-state index in [9.17, 15) is 0 Å². The van der Waals surface area contributed by atoms with E-state index in [4.69, 9.17) is 0 Å². The van der Waals surface area contributed by atoms with Crippen LogP contribution in [0.3, 0.4) is 0 Å². The van der Waals surface area contributed by atoms with Gasteiger partial charge in [0.25, 0.3) is 0 Å². The van der Waals surface area contributed by atoms with Crippen LogP contribution < -0.4 is 0 Å². The van der Waals surface area contributed by atoms with Gasteiger partial charge in [-0.25, -0.2) is 0 Å². The highest BCUT2D eigenvalue weighted by Gasteiger charge is 2.37. The Balaban J connectivity index is 1.58. The summed E-state index contributed by atoms with van der Waals surface area (Å²) in [4.78, 5) is 0. The van der Waals surface area contributed by atoms with Gasteiger partial charge in [0.2, 0.25) is 0 Å². The topological polar surface area (TPSA) is 4.93 Å². The van der Waals surface area contributed by atoms with E-state index >= 15 is 0 Å². The first-order valence-electron chi connectivity index (χ1n) is 14.0. The van der Waals surface area contributed by atoms with Gasteiger partial charge < -0.3 is 4.57 Å². The molecule has 6 aromatic rings. The first-order valence-corrected chi connectivity index (χ1v) is 14.0. The van der Waals surface area contributed by atoms with Crippen molar-refractivity contribution in [3.8, 4) is 16.8 Å². The van der Waals surface area contributed by atoms with Crippen molar-refractivity contribution in [3.05, 3.63) is 191 Å². The number of aromatic nitrogens is 1. The molecule has 0 saturated heterocycles. The van der Waals surface area contributed by atoms with Crippen molar-refractivity contribution >= 4 is 5.57 Å². The zero-order valence-corrected chi connectivity index (χ0v) is 22.9. The number of rotatable bonds is 5. The average Bonchev–Trinajstić information content (AvgIpc) is 3.52. The molecule has 0 atom stereocenters. The third-order valence-electron chi connectivity index (χ3n) is 8.38. The second-order valence-corrected chi connectivity index (χ2v) is 10.7. The number of hydrogen-bond donors (Lipinski definition) is 0. The lowest BCUT2D eigenvalue weighted by Crippen LogP contribution is -2.27. The average molecular weight is 514 g/mol. The van der Waals surface area contributed by atoms with Crippen molar-refractivity contribution in [3.63, 3.8) is 0 Å². The molecule has 0 spiro atoms. The van der Waals surface area contributed by atoms with Crippen LogP contribution in [-0.4, -0.2) is 4.57 Å². The Hall–Kier alpha value is -4.88. The lowest BCUT2D eigenvalue weighted by molar-refractivity contribution is 0.780. The Kier molecular flexibility index (Phi) is 5.86. The standard InChI is InChI=1S/C39H31N/c1-28-22-23-29(2)40(28)33-24-25-36-34-20-12-13-21-35(34)38(37(36)26-33)27-39(30-14-6-3-7-15-30,31-16-8-4-9-17-31)32-18-10-5-11-19-32/h3-27H,1-2H3/b38-27+. The minimum atomic E-state index is -0.483. The normalized spacial score (nSPS) is 13.3. The van der Waals surface area contributed by atoms with Crippen LogP contribution in [0.4, 0.5) is 0 Å². The molecule has 1 aliphatic carbocycles. The monoisotopic (exact) mass is 513 g/mol. The highest BCUT2D eigenvalue weighted by molar-refractivity contribution is 6.02. The van der Waals surface area contributed by atoms with E-state index in [1.807, 2.05) is 0 Å². The lowest BCUT2D eigenvalue weighted by atomic mass is 9.68. The largest absolute Gasteiger partial charge is 0.318 e. The molecule has 0 radical (unpaired) electrons. The second-order valence-electron chi connectivity index (χ2n) is 10.7. The van der Waals surface area contributed by atoms with Gasteiger partial charge >= 0.3 is 0 Å². The van der Waals surface area contributed by atoms with E-state index in [0.717, 1.165) is 0 Å². The quantitative estimate of drug-likeness (QED) is 0.202. The molecule has 0 saturated carbocycles. The minimum absolute atomic E-state index is 0.483. The van der Waals surface area contributed by atoms with Crippen LogP contribution in [0, 0.1) is 13.8 Å². The molecule has 0 unspecified atom stereocenters. The van der Waals surface area contributed by atoms with Crippen molar-refractivity contribution in [2.75, 3.05) is 0 Å². The molecule has 0 fully saturated rings. The Morgan fingerprint density at radius 3 is 1.43 bits per heavy atom. The fourth-order valence-electron chi connectivity index (χ4n) is 6.53. The lowest BCUT2D eigenvalue weighted by Gasteiger charge is -2.34. The molecular formula is C39H31N. The molecule has 7 rings (SSSR count). The summed E-state index contributed by atoms with van der Waals surface area (Å²) in [6.07, 6.45) is 2.52. The van der Waals surface area contributed by atoms with Crippen LogP contribution in [0.1, 0.15) is 39.2 Å². The molecule has 1 aliphatic rings. The predicted octanol–water partition coefficient (Wildman–Crippen LogP) is 9.54. The predicted molar refractivity (Wildman–Crippen MR) is 167 cm³/mol. The van der Waals surface area contributed by atoms with E-state index in [1.54, 1.807) is 0 Å². The van der Waals surface area contributed by atoms with Crippen LogP contribution in [0.5, 0.6) is 0 Å². The molecule has 0 amide bonds. The fraction of sp³-hybridized carbons (Fsp3) is 0.0769. The zero-order valence-electron chi connectivity index (χ0n) is 22.9. The Labute approximate surface area is 236 Å². The first kappa shape index (κ1) is 24.2. The summed E-state index contributed by atoms with van der Waals surface area (Å²) in [6.45, 7) is 4.36. The third-order valence-corrected chi connectivity index (χ3v) is 8.38. The number of nitrogens with zero attached hydrogens (tertiary/aromatic N) is 1. The molecule has 1 heterocycles. The molecule has 1 nitrogen and oxygen atoms in total. The maximum Gasteiger partial charge on any atom is 0.0641 e. The van der Waals surface area contributed by atoms with E-state index in [0.29, 0.717) is 0 Å². The van der Waals surface area contributed by atoms with E-state index < -0.39 is 5.41 Å². The van der Waals surface area contributed by atoms with Crippen molar-refractivity contribution in [1.29, 1.82) is 0 Å². The summed E-state index contributed by atoms with van der Waals surface area (Å²) in [5.41, 5.74) is 13.3. The third kappa shape index (κ3) is 3.78. The van der Waals surface area contributed by atoms with Gasteiger partial charge in [-0.1, -0.05) is 127 Å². The van der Waals surface area contributed by atoms with Crippen LogP contribution in [0.15, 0.2) is 152 Å². The molecular weight excluding hydrogens is 482 g/mol. The summed E-state index contributed by atoms with van der Waals surface area (Å²) in [5.74, 6) is 0. The maximum absolute atomic E-state index is 2.52. The molecule has 5 aromatic carbocycles. The van der Waals surface area contributed by atoms with Crippen LogP contribution in [0.2, 0.25) is 0 Å². The molecule has 40 heavy (non-hydrogen) atoms. The van der Waals surface area contributed by atoms with Gasteiger partial charge in [0.15, 0.2) is 0 Å². The summed E-state index contributed by atoms with van der Waals surface area (Å²) < 4.78 is 2.35. The summed E-state index contributed by atoms with van der Waals surface area (Å²) in [6, 6.07) is 53.0. The van der Waals surface area contributed by atoms with Crippen LogP contribution in [0.25, 0.3) is 22.4 Å². The van der Waals surface area contributed by atoms with Gasteiger partial charge in [0, 0.05) is 17.1 Å². The van der Waals surface area contributed by atoms with Gasteiger partial charge in [-0.2, -0.15) is 0 Å². The van der Waals surface area contributed by atoms with E-state index in [1.165, 1.54) is 61.6 Å². The van der Waals surface area contributed by atoms with Crippen molar-refractivity contribution < 1.29 is 0 Å². The zero-order chi connectivity index (χ0) is 27.1. The van der Waals surface area contributed by atoms with Gasteiger partial charge in [0.1, 0.15) is 0 Å². The maximum atomic E-state index is 2.52. The van der Waals surface area contributed by atoms with Gasteiger partial charge in [0.05, 0.1) is 5.41 Å². The summed E-state index contributed by atoms with van der Waals surface area (Å²) in [7, 11) is 0. The number of hydrogen-bond acceptors (Lipinski definition) is 0. The molecule has 0 bridgehead atoms. The van der Waals surface area contributed by atoms with Gasteiger partial charge in [-0.3, -0.25) is 0 Å². The number of benzene rings is 5. The van der Waals surface area contributed by atoms with Gasteiger partial charge in [-0.15, -0.1) is 0 Å². The highest BCUT2D eigenvalue weighted by atomic mass is 15.0. The minimum Gasteiger partial charge on any atom is -0.318 e. The number of allylic oxidation sites excluding steroid dienone is 1. The van der Waals surface area contributed by atoms with Gasteiger partial charge in [-0.05, 0) is 82.6 Å². The number of aryl methyl sites for hydroxylation is 2. The molecule has 1 heteroatoms. The summed E-state index contributed by atoms with van der Waals surface area (Å²) >= 11 is 0. The molecule has 0 N–H and O–H groups in total. The van der Waals surface area contributed by atoms with Crippen molar-refractivity contribution in [1.82, 2.24) is 4.57 Å². The molecule has 1 aromatic heterocycles. The highest BCUT2D eigenvalue weighted by Crippen LogP contribution is 2.50. The van der Waals surface area contributed by atoms with Crippen LogP contribution >= 0.6 is 0 Å². The second kappa shape index (κ2) is 9.70. The Morgan fingerprint density at radius 1 is 0.450 bits per heavy atom. The Morgan fingerprint density at radius 2 is 0.900 bits per heavy atom. The van der Waals surface area contributed by atoms with Crippen molar-refractivity contribution in [2.45, 2.75) is 19.3 Å². The first-order chi connectivity index (χ1) is 19.7. The SMILES string of the molecule is Cc1ccc(C)n1-c1ccc2c(c1)/C(=C/C(c1ccccc1)(c1ccccc1)c1ccccc1)c1ccccc1-2. The molecule has 192 valence electrons. The summed E-state index contributed by atoms with van der Waals surface area (Å²) in [5, 5.41) is 0. The smallest absolute Gasteiger partial charge is 0.0641 e. The Bertz CT molecular complexity index is 1720. The number of fused-ring (bicyclic) bond motifs is 3. The van der Waals surface area contributed by atoms with Crippen LogP contribution in [-0.2, 0) is 5.41 Å². The van der Waals surface area contributed by atoms with E-state index in [-0.39, 0.29) is 0 Å².